The van der Waals surface area contributed by atoms with Crippen molar-refractivity contribution in [2.45, 2.75) is 33.3 Å². The van der Waals surface area contributed by atoms with Crippen LogP contribution < -0.4 is 10.1 Å². The molecule has 1 amide bonds. The van der Waals surface area contributed by atoms with E-state index in [9.17, 15) is 4.79 Å². The Bertz CT molecular complexity index is 461. The summed E-state index contributed by atoms with van der Waals surface area (Å²) < 4.78 is 10.7. The second-order valence-corrected chi connectivity index (χ2v) is 5.40. The highest BCUT2D eigenvalue weighted by atomic mass is 16.6. The van der Waals surface area contributed by atoms with E-state index in [1.165, 1.54) is 0 Å². The van der Waals surface area contributed by atoms with Crippen LogP contribution >= 0.6 is 0 Å². The summed E-state index contributed by atoms with van der Waals surface area (Å²) >= 11 is 0. The third-order valence-corrected chi connectivity index (χ3v) is 1.96. The van der Waals surface area contributed by atoms with Crippen molar-refractivity contribution in [1.82, 2.24) is 0 Å². The van der Waals surface area contributed by atoms with E-state index in [1.807, 2.05) is 33.8 Å². The van der Waals surface area contributed by atoms with Gasteiger partial charge in [0.1, 0.15) is 18.0 Å². The Morgan fingerprint density at radius 2 is 2.05 bits per heavy atom. The van der Waals surface area contributed by atoms with Crippen LogP contribution in [0, 0.1) is 0 Å². The molecule has 0 aliphatic rings. The first kappa shape index (κ1) is 15.1. The van der Waals surface area contributed by atoms with Gasteiger partial charge in [-0.2, -0.15) is 0 Å². The number of carbonyl (C=O) groups is 1. The first-order valence-electron chi connectivity index (χ1n) is 6.13. The van der Waals surface area contributed by atoms with E-state index < -0.39 is 11.7 Å². The monoisotopic (exact) mass is 263 g/mol. The third kappa shape index (κ3) is 6.50. The highest BCUT2D eigenvalue weighted by Gasteiger charge is 2.16. The van der Waals surface area contributed by atoms with E-state index in [0.29, 0.717) is 18.0 Å². The van der Waals surface area contributed by atoms with Crippen molar-refractivity contribution < 1.29 is 14.3 Å². The van der Waals surface area contributed by atoms with Gasteiger partial charge in [0.15, 0.2) is 0 Å². The van der Waals surface area contributed by atoms with Crippen molar-refractivity contribution in [2.24, 2.45) is 0 Å². The van der Waals surface area contributed by atoms with Gasteiger partial charge in [-0.15, -0.1) is 0 Å². The SMILES string of the molecule is C=C(C)COc1cccc(NC(=O)OC(C)(C)C)c1. The van der Waals surface area contributed by atoms with Crippen molar-refractivity contribution in [3.63, 3.8) is 0 Å². The molecule has 0 aliphatic heterocycles. The summed E-state index contributed by atoms with van der Waals surface area (Å²) in [6.07, 6.45) is -0.482. The fourth-order valence-electron chi connectivity index (χ4n) is 1.29. The van der Waals surface area contributed by atoms with Gasteiger partial charge in [-0.3, -0.25) is 5.32 Å². The normalized spacial score (nSPS) is 10.7. The van der Waals surface area contributed by atoms with Crippen LogP contribution in [0.3, 0.4) is 0 Å². The number of carbonyl (C=O) groups excluding carboxylic acids is 1. The minimum absolute atomic E-state index is 0.454. The molecule has 4 heteroatoms. The zero-order chi connectivity index (χ0) is 14.5. The topological polar surface area (TPSA) is 47.6 Å². The minimum atomic E-state index is -0.516. The van der Waals surface area contributed by atoms with Crippen LogP contribution in [0.25, 0.3) is 0 Å². The van der Waals surface area contributed by atoms with Gasteiger partial charge >= 0.3 is 6.09 Å². The third-order valence-electron chi connectivity index (χ3n) is 1.96. The summed E-state index contributed by atoms with van der Waals surface area (Å²) in [6.45, 7) is 11.6. The first-order valence-corrected chi connectivity index (χ1v) is 6.13. The molecule has 0 aliphatic carbocycles. The number of amides is 1. The molecule has 1 aromatic carbocycles. The van der Waals surface area contributed by atoms with Crippen LogP contribution in [-0.4, -0.2) is 18.3 Å². The molecule has 0 fully saturated rings. The number of anilines is 1. The van der Waals surface area contributed by atoms with Gasteiger partial charge in [-0.05, 0) is 45.4 Å². The maximum atomic E-state index is 11.6. The van der Waals surface area contributed by atoms with Crippen molar-refractivity contribution in [2.75, 3.05) is 11.9 Å². The van der Waals surface area contributed by atoms with Crippen LogP contribution in [0.5, 0.6) is 5.75 Å². The molecule has 1 N–H and O–H groups in total. The highest BCUT2D eigenvalue weighted by molar-refractivity contribution is 5.85. The maximum absolute atomic E-state index is 11.6. The fourth-order valence-corrected chi connectivity index (χ4v) is 1.29. The molecule has 0 atom stereocenters. The van der Waals surface area contributed by atoms with Crippen LogP contribution in [0.1, 0.15) is 27.7 Å². The quantitative estimate of drug-likeness (QED) is 0.835. The Morgan fingerprint density at radius 3 is 2.63 bits per heavy atom. The minimum Gasteiger partial charge on any atom is -0.489 e. The second-order valence-electron chi connectivity index (χ2n) is 5.40. The molecule has 0 heterocycles. The summed E-state index contributed by atoms with van der Waals surface area (Å²) in [5, 5.41) is 2.66. The van der Waals surface area contributed by atoms with Gasteiger partial charge in [-0.1, -0.05) is 12.6 Å². The molecule has 0 bridgehead atoms. The van der Waals surface area contributed by atoms with E-state index >= 15 is 0 Å². The molecule has 0 aromatic heterocycles. The van der Waals surface area contributed by atoms with Crippen molar-refractivity contribution in [3.8, 4) is 5.75 Å². The van der Waals surface area contributed by atoms with E-state index in [-0.39, 0.29) is 0 Å². The lowest BCUT2D eigenvalue weighted by molar-refractivity contribution is 0.0636. The first-order chi connectivity index (χ1) is 8.76. The summed E-state index contributed by atoms with van der Waals surface area (Å²) in [5.74, 6) is 0.677. The van der Waals surface area contributed by atoms with Gasteiger partial charge in [0.25, 0.3) is 0 Å². The summed E-state index contributed by atoms with van der Waals surface area (Å²) in [4.78, 5) is 11.6. The smallest absolute Gasteiger partial charge is 0.412 e. The van der Waals surface area contributed by atoms with Gasteiger partial charge in [-0.25, -0.2) is 4.79 Å². The average molecular weight is 263 g/mol. The molecule has 0 saturated heterocycles. The molecule has 0 radical (unpaired) electrons. The number of ether oxygens (including phenoxy) is 2. The fraction of sp³-hybridized carbons (Fsp3) is 0.400. The molecule has 1 aromatic rings. The Morgan fingerprint density at radius 1 is 1.37 bits per heavy atom. The number of benzene rings is 1. The van der Waals surface area contributed by atoms with E-state index in [2.05, 4.69) is 11.9 Å². The molecular weight excluding hydrogens is 242 g/mol. The van der Waals surface area contributed by atoms with Gasteiger partial charge < -0.3 is 9.47 Å². The van der Waals surface area contributed by atoms with Crippen molar-refractivity contribution in [1.29, 1.82) is 0 Å². The highest BCUT2D eigenvalue weighted by Crippen LogP contribution is 2.18. The molecule has 19 heavy (non-hydrogen) atoms. The van der Waals surface area contributed by atoms with Crippen molar-refractivity contribution >= 4 is 11.8 Å². The maximum Gasteiger partial charge on any atom is 0.412 e. The number of rotatable bonds is 4. The number of hydrogen-bond acceptors (Lipinski definition) is 3. The molecule has 4 nitrogen and oxygen atoms in total. The van der Waals surface area contributed by atoms with Gasteiger partial charge in [0, 0.05) is 11.8 Å². The Hall–Kier alpha value is -1.97. The van der Waals surface area contributed by atoms with E-state index in [4.69, 9.17) is 9.47 Å². The molecule has 0 spiro atoms. The Kier molecular flexibility index (Phi) is 4.98. The summed E-state index contributed by atoms with van der Waals surface area (Å²) in [6, 6.07) is 7.15. The predicted molar refractivity (Wildman–Crippen MR) is 76.6 cm³/mol. The predicted octanol–water partition coefficient (Wildman–Crippen LogP) is 3.99. The second kappa shape index (κ2) is 6.27. The summed E-state index contributed by atoms with van der Waals surface area (Å²) in [7, 11) is 0. The molecule has 0 unspecified atom stereocenters. The Labute approximate surface area is 114 Å². The zero-order valence-corrected chi connectivity index (χ0v) is 11.9. The number of nitrogens with one attached hydrogen (secondary N) is 1. The largest absolute Gasteiger partial charge is 0.489 e. The summed E-state index contributed by atoms with van der Waals surface area (Å²) in [5.41, 5.74) is 1.05. The lowest BCUT2D eigenvalue weighted by atomic mass is 10.2. The van der Waals surface area contributed by atoms with Crippen LogP contribution in [0.2, 0.25) is 0 Å². The lowest BCUT2D eigenvalue weighted by Gasteiger charge is -2.19. The Balaban J connectivity index is 2.61. The lowest BCUT2D eigenvalue weighted by Crippen LogP contribution is -2.27. The van der Waals surface area contributed by atoms with Crippen LogP contribution in [-0.2, 0) is 4.74 Å². The van der Waals surface area contributed by atoms with Gasteiger partial charge in [0.05, 0.1) is 0 Å². The van der Waals surface area contributed by atoms with Crippen LogP contribution in [0.15, 0.2) is 36.4 Å². The number of hydrogen-bond donors (Lipinski definition) is 1. The zero-order valence-electron chi connectivity index (χ0n) is 11.9. The van der Waals surface area contributed by atoms with Crippen molar-refractivity contribution in [3.05, 3.63) is 36.4 Å². The average Bonchev–Trinajstić information content (AvgIpc) is 2.24. The molecule has 104 valence electrons. The van der Waals surface area contributed by atoms with E-state index in [0.717, 1.165) is 5.57 Å². The van der Waals surface area contributed by atoms with E-state index in [1.54, 1.807) is 18.2 Å². The van der Waals surface area contributed by atoms with Crippen LogP contribution in [0.4, 0.5) is 10.5 Å². The van der Waals surface area contributed by atoms with Gasteiger partial charge in [0.2, 0.25) is 0 Å². The standard InChI is InChI=1S/C15H21NO3/c1-11(2)10-18-13-8-6-7-12(9-13)16-14(17)19-15(3,4)5/h6-9H,1,10H2,2-5H3,(H,16,17). The molecular formula is C15H21NO3. The molecule has 0 saturated carbocycles. The molecule has 1 rings (SSSR count).